The molecule has 2 heterocycles. The maximum absolute atomic E-state index is 12.1. The zero-order chi connectivity index (χ0) is 14.4. The molecule has 2 aliphatic rings. The Morgan fingerprint density at radius 3 is 2.35 bits per heavy atom. The molecule has 2 rings (SSSR count). The highest BCUT2D eigenvalue weighted by Crippen LogP contribution is 2.19. The van der Waals surface area contributed by atoms with Crippen LogP contribution in [0.25, 0.3) is 0 Å². The van der Waals surface area contributed by atoms with E-state index in [9.17, 15) is 9.59 Å². The van der Waals surface area contributed by atoms with Crippen LogP contribution in [0.4, 0.5) is 4.79 Å². The number of carbonyl (C=O) groups excluding carboxylic acids is 1. The van der Waals surface area contributed by atoms with Crippen LogP contribution in [0.5, 0.6) is 0 Å². The number of hydrogen-bond acceptors (Lipinski definition) is 3. The highest BCUT2D eigenvalue weighted by atomic mass is 16.5. The molecule has 6 nitrogen and oxygen atoms in total. The number of carboxylic acid groups (broad SMARTS) is 1. The second-order valence-electron chi connectivity index (χ2n) is 5.60. The van der Waals surface area contributed by atoms with Crippen molar-refractivity contribution in [1.29, 1.82) is 0 Å². The fraction of sp³-hybridized carbons (Fsp3) is 0.857. The molecule has 0 aromatic rings. The maximum atomic E-state index is 12.1. The average Bonchev–Trinajstić information content (AvgIpc) is 2.84. The van der Waals surface area contributed by atoms with Gasteiger partial charge in [0.2, 0.25) is 0 Å². The second-order valence-corrected chi connectivity index (χ2v) is 5.60. The third-order valence-corrected chi connectivity index (χ3v) is 4.01. The molecule has 0 radical (unpaired) electrons. The first-order chi connectivity index (χ1) is 9.66. The Kier molecular flexibility index (Phi) is 5.64. The van der Waals surface area contributed by atoms with Crippen LogP contribution in [0.2, 0.25) is 0 Å². The summed E-state index contributed by atoms with van der Waals surface area (Å²) in [7, 11) is 0. The summed E-state index contributed by atoms with van der Waals surface area (Å²) < 4.78 is 5.37. The van der Waals surface area contributed by atoms with Crippen LogP contribution in [0.15, 0.2) is 0 Å². The molecule has 0 aromatic heterocycles. The molecule has 2 amide bonds. The number of hydrogen-bond donors (Lipinski definition) is 2. The van der Waals surface area contributed by atoms with E-state index in [0.717, 1.165) is 25.9 Å². The largest absolute Gasteiger partial charge is 0.479 e. The fourth-order valence-electron chi connectivity index (χ4n) is 2.80. The number of aliphatic carboxylic acids is 1. The Hall–Kier alpha value is -1.30. The lowest BCUT2D eigenvalue weighted by Crippen LogP contribution is -2.44. The normalized spacial score (nSPS) is 27.7. The Labute approximate surface area is 119 Å². The molecule has 114 valence electrons. The van der Waals surface area contributed by atoms with E-state index in [1.54, 1.807) is 0 Å². The van der Waals surface area contributed by atoms with Crippen LogP contribution in [0.3, 0.4) is 0 Å². The lowest BCUT2D eigenvalue weighted by atomic mass is 10.1. The first-order valence-corrected chi connectivity index (χ1v) is 7.58. The minimum atomic E-state index is -0.914. The van der Waals surface area contributed by atoms with E-state index in [4.69, 9.17) is 9.84 Å². The van der Waals surface area contributed by atoms with Gasteiger partial charge in [0, 0.05) is 19.6 Å². The van der Waals surface area contributed by atoms with Gasteiger partial charge in [-0.25, -0.2) is 9.59 Å². The summed E-state index contributed by atoms with van der Waals surface area (Å²) in [6.45, 7) is 2.03. The third-order valence-electron chi connectivity index (χ3n) is 4.01. The number of amides is 2. The van der Waals surface area contributed by atoms with Crippen molar-refractivity contribution in [2.75, 3.05) is 19.6 Å². The highest BCUT2D eigenvalue weighted by Gasteiger charge is 2.30. The molecule has 2 saturated heterocycles. The third kappa shape index (κ3) is 4.37. The van der Waals surface area contributed by atoms with Gasteiger partial charge in [0.25, 0.3) is 0 Å². The molecule has 2 aliphatic heterocycles. The van der Waals surface area contributed by atoms with E-state index in [2.05, 4.69) is 5.32 Å². The van der Waals surface area contributed by atoms with Gasteiger partial charge in [-0.05, 0) is 25.7 Å². The summed E-state index contributed by atoms with van der Waals surface area (Å²) >= 11 is 0. The van der Waals surface area contributed by atoms with Crippen molar-refractivity contribution in [3.8, 4) is 0 Å². The monoisotopic (exact) mass is 284 g/mol. The van der Waals surface area contributed by atoms with Crippen molar-refractivity contribution in [3.05, 3.63) is 0 Å². The molecule has 0 aromatic carbocycles. The molecular formula is C14H24N2O4. The van der Waals surface area contributed by atoms with Crippen LogP contribution in [-0.4, -0.2) is 53.8 Å². The van der Waals surface area contributed by atoms with Gasteiger partial charge in [0.05, 0.1) is 6.10 Å². The smallest absolute Gasteiger partial charge is 0.332 e. The molecule has 0 aliphatic carbocycles. The van der Waals surface area contributed by atoms with E-state index >= 15 is 0 Å². The molecule has 0 saturated carbocycles. The van der Waals surface area contributed by atoms with Gasteiger partial charge in [-0.3, -0.25) is 0 Å². The van der Waals surface area contributed by atoms with Gasteiger partial charge >= 0.3 is 12.0 Å². The van der Waals surface area contributed by atoms with Gasteiger partial charge < -0.3 is 20.1 Å². The van der Waals surface area contributed by atoms with Crippen molar-refractivity contribution in [1.82, 2.24) is 10.2 Å². The Morgan fingerprint density at radius 2 is 1.75 bits per heavy atom. The van der Waals surface area contributed by atoms with Crippen molar-refractivity contribution in [2.45, 2.75) is 57.2 Å². The van der Waals surface area contributed by atoms with E-state index in [1.165, 1.54) is 19.3 Å². The summed E-state index contributed by atoms with van der Waals surface area (Å²) in [6.07, 6.45) is 6.11. The number of carbonyl (C=O) groups is 2. The van der Waals surface area contributed by atoms with Crippen LogP contribution in [-0.2, 0) is 9.53 Å². The average molecular weight is 284 g/mol. The predicted molar refractivity (Wildman–Crippen MR) is 73.6 cm³/mol. The molecule has 2 atom stereocenters. The maximum Gasteiger partial charge on any atom is 0.332 e. The van der Waals surface area contributed by atoms with Crippen molar-refractivity contribution >= 4 is 12.0 Å². The molecule has 2 N–H and O–H groups in total. The molecule has 0 bridgehead atoms. The topological polar surface area (TPSA) is 78.9 Å². The predicted octanol–water partition coefficient (Wildman–Crippen LogP) is 1.59. The van der Waals surface area contributed by atoms with E-state index < -0.39 is 12.1 Å². The standard InChI is InChI=1S/C14H24N2O4/c17-13(18)12-7-6-11(20-12)10-15-14(19)16-8-4-2-1-3-5-9-16/h11-12H,1-10H2,(H,15,19)(H,17,18). The number of ether oxygens (including phenoxy) is 1. The first kappa shape index (κ1) is 15.1. The molecule has 6 heteroatoms. The Balaban J connectivity index is 1.70. The number of carboxylic acids is 1. The summed E-state index contributed by atoms with van der Waals surface area (Å²) in [5.41, 5.74) is 0. The number of rotatable bonds is 3. The molecule has 2 fully saturated rings. The first-order valence-electron chi connectivity index (χ1n) is 7.58. The number of nitrogens with zero attached hydrogens (tertiary/aromatic N) is 1. The van der Waals surface area contributed by atoms with Crippen LogP contribution >= 0.6 is 0 Å². The lowest BCUT2D eigenvalue weighted by Gasteiger charge is -2.25. The molecule has 0 spiro atoms. The van der Waals surface area contributed by atoms with Gasteiger partial charge in [-0.15, -0.1) is 0 Å². The fourth-order valence-corrected chi connectivity index (χ4v) is 2.80. The van der Waals surface area contributed by atoms with Gasteiger partial charge in [0.15, 0.2) is 6.10 Å². The van der Waals surface area contributed by atoms with E-state index in [0.29, 0.717) is 19.4 Å². The summed E-state index contributed by atoms with van der Waals surface area (Å²) in [5, 5.41) is 11.7. The van der Waals surface area contributed by atoms with E-state index in [1.807, 2.05) is 4.90 Å². The summed E-state index contributed by atoms with van der Waals surface area (Å²) in [4.78, 5) is 24.7. The van der Waals surface area contributed by atoms with E-state index in [-0.39, 0.29) is 12.1 Å². The van der Waals surface area contributed by atoms with Gasteiger partial charge in [-0.1, -0.05) is 19.3 Å². The number of likely N-dealkylation sites (tertiary alicyclic amines) is 1. The van der Waals surface area contributed by atoms with Gasteiger partial charge in [-0.2, -0.15) is 0 Å². The van der Waals surface area contributed by atoms with Crippen LogP contribution in [0.1, 0.15) is 44.9 Å². The molecule has 2 unspecified atom stereocenters. The summed E-state index contributed by atoms with van der Waals surface area (Å²) in [6, 6.07) is -0.0470. The Morgan fingerprint density at radius 1 is 1.10 bits per heavy atom. The highest BCUT2D eigenvalue weighted by molar-refractivity contribution is 5.74. The minimum absolute atomic E-state index is 0.0470. The summed E-state index contributed by atoms with van der Waals surface area (Å²) in [5.74, 6) is -0.914. The number of nitrogens with one attached hydrogen (secondary N) is 1. The quantitative estimate of drug-likeness (QED) is 0.825. The van der Waals surface area contributed by atoms with Gasteiger partial charge in [0.1, 0.15) is 0 Å². The van der Waals surface area contributed by atoms with Crippen LogP contribution in [0, 0.1) is 0 Å². The SMILES string of the molecule is O=C(O)C1CCC(CNC(=O)N2CCCCCCC2)O1. The lowest BCUT2D eigenvalue weighted by molar-refractivity contribution is -0.149. The number of urea groups is 1. The molecule has 20 heavy (non-hydrogen) atoms. The van der Waals surface area contributed by atoms with Crippen molar-refractivity contribution < 1.29 is 19.4 Å². The van der Waals surface area contributed by atoms with Crippen molar-refractivity contribution in [2.24, 2.45) is 0 Å². The van der Waals surface area contributed by atoms with Crippen molar-refractivity contribution in [3.63, 3.8) is 0 Å². The Bertz CT molecular complexity index is 340. The second kappa shape index (κ2) is 7.47. The zero-order valence-electron chi connectivity index (χ0n) is 11.8. The minimum Gasteiger partial charge on any atom is -0.479 e. The zero-order valence-corrected chi connectivity index (χ0v) is 11.8. The van der Waals surface area contributed by atoms with Crippen LogP contribution < -0.4 is 5.32 Å². The molecular weight excluding hydrogens is 260 g/mol.